The van der Waals surface area contributed by atoms with Crippen LogP contribution >= 0.6 is 0 Å². The molecule has 0 fully saturated rings. The van der Waals surface area contributed by atoms with Gasteiger partial charge in [0.2, 0.25) is 0 Å². The first-order valence-electron chi connectivity index (χ1n) is 4.09. The van der Waals surface area contributed by atoms with Crippen molar-refractivity contribution in [2.45, 2.75) is 13.8 Å². The lowest BCUT2D eigenvalue weighted by molar-refractivity contribution is 1.36. The third-order valence-corrected chi connectivity index (χ3v) is 2.07. The molecule has 0 spiro atoms. The van der Waals surface area contributed by atoms with E-state index >= 15 is 0 Å². The van der Waals surface area contributed by atoms with Crippen LogP contribution in [0.25, 0.3) is 10.9 Å². The zero-order chi connectivity index (χ0) is 8.55. The van der Waals surface area contributed by atoms with Gasteiger partial charge in [0.25, 0.3) is 0 Å². The van der Waals surface area contributed by atoms with Crippen molar-refractivity contribution in [2.24, 2.45) is 0 Å². The van der Waals surface area contributed by atoms with Crippen LogP contribution in [0, 0.1) is 13.8 Å². The van der Waals surface area contributed by atoms with Crippen LogP contribution in [0.2, 0.25) is 0 Å². The number of aryl methyl sites for hydroxylation is 2. The fourth-order valence-electron chi connectivity index (χ4n) is 1.54. The van der Waals surface area contributed by atoms with E-state index in [0.29, 0.717) is 0 Å². The average Bonchev–Trinajstić information content (AvgIpc) is 2.04. The van der Waals surface area contributed by atoms with Crippen LogP contribution in [-0.4, -0.2) is 4.98 Å². The largest absolute Gasteiger partial charge is 0.256 e. The van der Waals surface area contributed by atoms with Gasteiger partial charge in [-0.3, -0.25) is 4.98 Å². The number of hydrogen-bond acceptors (Lipinski definition) is 1. The van der Waals surface area contributed by atoms with E-state index in [-0.39, 0.29) is 0 Å². The van der Waals surface area contributed by atoms with Crippen molar-refractivity contribution in [1.29, 1.82) is 0 Å². The van der Waals surface area contributed by atoms with Gasteiger partial charge in [0, 0.05) is 11.6 Å². The summed E-state index contributed by atoms with van der Waals surface area (Å²) in [6.07, 6.45) is 1.83. The third-order valence-electron chi connectivity index (χ3n) is 2.07. The fraction of sp³-hybridized carbons (Fsp3) is 0.182. The second kappa shape index (κ2) is 2.59. The number of aromatic nitrogens is 1. The van der Waals surface area contributed by atoms with Crippen LogP contribution in [0.1, 0.15) is 11.1 Å². The maximum atomic E-state index is 4.30. The summed E-state index contributed by atoms with van der Waals surface area (Å²) in [6.45, 7) is 4.22. The molecule has 2 rings (SSSR count). The van der Waals surface area contributed by atoms with Crippen molar-refractivity contribution in [2.75, 3.05) is 0 Å². The molecule has 1 aromatic heterocycles. The first-order chi connectivity index (χ1) is 5.77. The summed E-state index contributed by atoms with van der Waals surface area (Å²) >= 11 is 0. The van der Waals surface area contributed by atoms with E-state index in [2.05, 4.69) is 37.0 Å². The normalized spacial score (nSPS) is 10.5. The Morgan fingerprint density at radius 1 is 1.17 bits per heavy atom. The van der Waals surface area contributed by atoms with E-state index in [1.54, 1.807) is 0 Å². The molecule has 0 aliphatic heterocycles. The molecule has 0 aliphatic carbocycles. The first kappa shape index (κ1) is 7.29. The Labute approximate surface area is 72.1 Å². The van der Waals surface area contributed by atoms with Gasteiger partial charge in [-0.05, 0) is 37.1 Å². The van der Waals surface area contributed by atoms with Gasteiger partial charge >= 0.3 is 0 Å². The smallest absolute Gasteiger partial charge is 0.0707 e. The molecule has 2 aromatic rings. The summed E-state index contributed by atoms with van der Waals surface area (Å²) < 4.78 is 0. The summed E-state index contributed by atoms with van der Waals surface area (Å²) in [5, 5.41) is 1.25. The number of pyridine rings is 1. The van der Waals surface area contributed by atoms with Gasteiger partial charge in [-0.15, -0.1) is 0 Å². The molecule has 0 saturated heterocycles. The predicted molar refractivity (Wildman–Crippen MR) is 51.2 cm³/mol. The van der Waals surface area contributed by atoms with E-state index in [9.17, 15) is 0 Å². The Kier molecular flexibility index (Phi) is 1.58. The minimum Gasteiger partial charge on any atom is -0.256 e. The van der Waals surface area contributed by atoms with Crippen molar-refractivity contribution >= 4 is 10.9 Å². The number of rotatable bonds is 0. The number of nitrogens with zero attached hydrogens (tertiary/aromatic N) is 1. The van der Waals surface area contributed by atoms with Crippen LogP contribution in [0.5, 0.6) is 0 Å². The molecule has 1 heterocycles. The van der Waals surface area contributed by atoms with Gasteiger partial charge in [0.15, 0.2) is 0 Å². The molecular weight excluding hydrogens is 146 g/mol. The quantitative estimate of drug-likeness (QED) is 0.573. The standard InChI is InChI=1S/C11H11N/c1-8-6-9(2)10-4-3-5-12-11(10)7-8/h3-7H,1-2H3. The molecular formula is C11H11N. The Bertz CT molecular complexity index is 418. The Balaban J connectivity index is 2.89. The van der Waals surface area contributed by atoms with Gasteiger partial charge < -0.3 is 0 Å². The predicted octanol–water partition coefficient (Wildman–Crippen LogP) is 2.85. The minimum atomic E-state index is 1.09. The second-order valence-electron chi connectivity index (χ2n) is 3.15. The van der Waals surface area contributed by atoms with Crippen molar-refractivity contribution in [3.05, 3.63) is 41.6 Å². The van der Waals surface area contributed by atoms with E-state index in [1.807, 2.05) is 12.3 Å². The Hall–Kier alpha value is -1.37. The van der Waals surface area contributed by atoms with Crippen molar-refractivity contribution < 1.29 is 0 Å². The number of hydrogen-bond donors (Lipinski definition) is 0. The molecule has 1 heteroatoms. The highest BCUT2D eigenvalue weighted by Crippen LogP contribution is 2.17. The van der Waals surface area contributed by atoms with E-state index in [1.165, 1.54) is 16.5 Å². The molecule has 1 aromatic carbocycles. The molecule has 0 bridgehead atoms. The van der Waals surface area contributed by atoms with Crippen molar-refractivity contribution in [1.82, 2.24) is 4.98 Å². The number of fused-ring (bicyclic) bond motifs is 1. The van der Waals surface area contributed by atoms with Gasteiger partial charge in [-0.1, -0.05) is 12.1 Å². The Morgan fingerprint density at radius 2 is 2.00 bits per heavy atom. The molecule has 0 N–H and O–H groups in total. The average molecular weight is 157 g/mol. The van der Waals surface area contributed by atoms with Gasteiger partial charge in [-0.25, -0.2) is 0 Å². The Morgan fingerprint density at radius 3 is 2.83 bits per heavy atom. The molecule has 1 nitrogen and oxygen atoms in total. The highest BCUT2D eigenvalue weighted by molar-refractivity contribution is 5.82. The third kappa shape index (κ3) is 1.07. The van der Waals surface area contributed by atoms with Gasteiger partial charge in [-0.2, -0.15) is 0 Å². The summed E-state index contributed by atoms with van der Waals surface area (Å²) in [4.78, 5) is 4.30. The lowest BCUT2D eigenvalue weighted by Crippen LogP contribution is -1.83. The zero-order valence-corrected chi connectivity index (χ0v) is 7.33. The van der Waals surface area contributed by atoms with Crippen LogP contribution in [0.4, 0.5) is 0 Å². The first-order valence-corrected chi connectivity index (χ1v) is 4.09. The molecule has 60 valence electrons. The van der Waals surface area contributed by atoms with Gasteiger partial charge in [0.1, 0.15) is 0 Å². The summed E-state index contributed by atoms with van der Waals surface area (Å²) in [5.74, 6) is 0. The maximum absolute atomic E-state index is 4.30. The lowest BCUT2D eigenvalue weighted by atomic mass is 10.1. The highest BCUT2D eigenvalue weighted by Gasteiger charge is 1.97. The zero-order valence-electron chi connectivity index (χ0n) is 7.33. The van der Waals surface area contributed by atoms with Crippen LogP contribution in [-0.2, 0) is 0 Å². The van der Waals surface area contributed by atoms with E-state index < -0.39 is 0 Å². The summed E-state index contributed by atoms with van der Waals surface area (Å²) in [6, 6.07) is 8.38. The SMILES string of the molecule is Cc1cc(C)c2cccnc2c1. The molecule has 0 amide bonds. The van der Waals surface area contributed by atoms with Crippen LogP contribution in [0.3, 0.4) is 0 Å². The molecule has 0 atom stereocenters. The monoisotopic (exact) mass is 157 g/mol. The minimum absolute atomic E-state index is 1.09. The molecule has 0 radical (unpaired) electrons. The number of benzene rings is 1. The van der Waals surface area contributed by atoms with Crippen LogP contribution < -0.4 is 0 Å². The molecule has 12 heavy (non-hydrogen) atoms. The lowest BCUT2D eigenvalue weighted by Gasteiger charge is -2.01. The van der Waals surface area contributed by atoms with Crippen LogP contribution in [0.15, 0.2) is 30.5 Å². The maximum Gasteiger partial charge on any atom is 0.0707 e. The molecule has 0 unspecified atom stereocenters. The fourth-order valence-corrected chi connectivity index (χ4v) is 1.54. The summed E-state index contributed by atoms with van der Waals surface area (Å²) in [7, 11) is 0. The highest BCUT2D eigenvalue weighted by atomic mass is 14.6. The van der Waals surface area contributed by atoms with E-state index in [4.69, 9.17) is 0 Å². The molecule has 0 saturated carbocycles. The second-order valence-corrected chi connectivity index (χ2v) is 3.15. The molecule has 0 aliphatic rings. The van der Waals surface area contributed by atoms with Crippen molar-refractivity contribution in [3.63, 3.8) is 0 Å². The topological polar surface area (TPSA) is 12.9 Å². The van der Waals surface area contributed by atoms with Gasteiger partial charge in [0.05, 0.1) is 5.52 Å². The van der Waals surface area contributed by atoms with Crippen molar-refractivity contribution in [3.8, 4) is 0 Å². The van der Waals surface area contributed by atoms with E-state index in [0.717, 1.165) is 5.52 Å². The summed E-state index contributed by atoms with van der Waals surface area (Å²) in [5.41, 5.74) is 3.67.